The molecule has 0 spiro atoms. The zero-order chi connectivity index (χ0) is 21.6. The second-order valence-corrected chi connectivity index (χ2v) is 8.28. The van der Waals surface area contributed by atoms with Crippen LogP contribution in [0.25, 0.3) is 0 Å². The number of amides is 2. The van der Waals surface area contributed by atoms with Crippen LogP contribution >= 0.6 is 0 Å². The molecule has 0 radical (unpaired) electrons. The third-order valence-corrected chi connectivity index (χ3v) is 5.91. The van der Waals surface area contributed by atoms with Crippen LogP contribution in [0.2, 0.25) is 0 Å². The molecule has 2 saturated heterocycles. The van der Waals surface area contributed by atoms with Crippen molar-refractivity contribution in [2.45, 2.75) is 44.9 Å². The quantitative estimate of drug-likeness (QED) is 0.772. The number of ether oxygens (including phenoxy) is 1. The van der Waals surface area contributed by atoms with E-state index in [1.54, 1.807) is 4.90 Å². The minimum atomic E-state index is -0.390. The van der Waals surface area contributed by atoms with Crippen LogP contribution in [0.15, 0.2) is 48.7 Å². The number of aromatic nitrogens is 1. The maximum absolute atomic E-state index is 12.8. The summed E-state index contributed by atoms with van der Waals surface area (Å²) in [5.74, 6) is 0.846. The van der Waals surface area contributed by atoms with Gasteiger partial charge >= 0.3 is 0 Å². The second kappa shape index (κ2) is 9.92. The van der Waals surface area contributed by atoms with Gasteiger partial charge in [-0.05, 0) is 37.0 Å². The lowest BCUT2D eigenvalue weighted by Crippen LogP contribution is -2.46. The van der Waals surface area contributed by atoms with Gasteiger partial charge in [0.05, 0.1) is 19.1 Å². The first-order valence-corrected chi connectivity index (χ1v) is 11.0. The normalized spacial score (nSPS) is 21.2. The van der Waals surface area contributed by atoms with Crippen LogP contribution in [0.5, 0.6) is 0 Å². The predicted octanol–water partition coefficient (Wildman–Crippen LogP) is 2.16. The van der Waals surface area contributed by atoms with E-state index in [0.29, 0.717) is 32.5 Å². The minimum absolute atomic E-state index is 0.00890. The van der Waals surface area contributed by atoms with E-state index in [2.05, 4.69) is 22.1 Å². The molecule has 31 heavy (non-hydrogen) atoms. The molecule has 2 atom stereocenters. The van der Waals surface area contributed by atoms with E-state index in [1.807, 2.05) is 48.7 Å². The summed E-state index contributed by atoms with van der Waals surface area (Å²) >= 11 is 0. The highest BCUT2D eigenvalue weighted by molar-refractivity contribution is 5.89. The van der Waals surface area contributed by atoms with Gasteiger partial charge in [0.1, 0.15) is 11.9 Å². The number of anilines is 1. The van der Waals surface area contributed by atoms with Crippen LogP contribution in [0.4, 0.5) is 5.82 Å². The molecule has 0 bridgehead atoms. The van der Waals surface area contributed by atoms with Crippen molar-refractivity contribution >= 4 is 17.6 Å². The van der Waals surface area contributed by atoms with Crippen molar-refractivity contribution in [1.82, 2.24) is 15.2 Å². The zero-order valence-corrected chi connectivity index (χ0v) is 18.0. The second-order valence-electron chi connectivity index (χ2n) is 8.28. The summed E-state index contributed by atoms with van der Waals surface area (Å²) in [5.41, 5.74) is 1.91. The molecule has 2 amide bonds. The Hall–Kier alpha value is -2.93. The van der Waals surface area contributed by atoms with E-state index in [9.17, 15) is 9.59 Å². The zero-order valence-electron chi connectivity index (χ0n) is 18.0. The van der Waals surface area contributed by atoms with Crippen LogP contribution in [0.3, 0.4) is 0 Å². The van der Waals surface area contributed by atoms with Crippen molar-refractivity contribution in [3.05, 3.63) is 59.8 Å². The summed E-state index contributed by atoms with van der Waals surface area (Å²) in [7, 11) is 0. The summed E-state index contributed by atoms with van der Waals surface area (Å²) in [6.07, 6.45) is 3.90. The molecule has 2 fully saturated rings. The molecular formula is C24H30N4O3. The van der Waals surface area contributed by atoms with Gasteiger partial charge in [-0.25, -0.2) is 4.98 Å². The highest BCUT2D eigenvalue weighted by Crippen LogP contribution is 2.20. The van der Waals surface area contributed by atoms with E-state index < -0.39 is 6.04 Å². The molecule has 4 rings (SSSR count). The molecule has 2 aliphatic rings. The van der Waals surface area contributed by atoms with Gasteiger partial charge < -0.3 is 19.9 Å². The SMILES string of the molecule is CC1CN(c2ccc(CNC(=O)C3CCCN3C(=O)Cc3ccccc3)cn2)CCO1. The Morgan fingerprint density at radius 3 is 2.71 bits per heavy atom. The number of nitrogens with zero attached hydrogens (tertiary/aromatic N) is 3. The number of carbonyl (C=O) groups excluding carboxylic acids is 2. The summed E-state index contributed by atoms with van der Waals surface area (Å²) in [6.45, 7) is 5.48. The van der Waals surface area contributed by atoms with Gasteiger partial charge in [0.25, 0.3) is 0 Å². The van der Waals surface area contributed by atoms with Gasteiger partial charge in [-0.15, -0.1) is 0 Å². The predicted molar refractivity (Wildman–Crippen MR) is 119 cm³/mol. The molecule has 7 nitrogen and oxygen atoms in total. The molecule has 2 aliphatic heterocycles. The summed E-state index contributed by atoms with van der Waals surface area (Å²) in [6, 6.07) is 13.3. The average molecular weight is 423 g/mol. The van der Waals surface area contributed by atoms with Gasteiger partial charge in [-0.3, -0.25) is 9.59 Å². The topological polar surface area (TPSA) is 74.8 Å². The average Bonchev–Trinajstić information content (AvgIpc) is 3.29. The first kappa shape index (κ1) is 21.3. The number of pyridine rings is 1. The molecule has 2 unspecified atom stereocenters. The molecule has 3 heterocycles. The van der Waals surface area contributed by atoms with Crippen molar-refractivity contribution < 1.29 is 14.3 Å². The number of nitrogens with one attached hydrogen (secondary N) is 1. The summed E-state index contributed by atoms with van der Waals surface area (Å²) in [4.78, 5) is 34.0. The molecule has 7 heteroatoms. The van der Waals surface area contributed by atoms with Gasteiger partial charge in [-0.2, -0.15) is 0 Å². The Balaban J connectivity index is 1.30. The first-order chi connectivity index (χ1) is 15.1. The van der Waals surface area contributed by atoms with Crippen molar-refractivity contribution in [1.29, 1.82) is 0 Å². The van der Waals surface area contributed by atoms with Gasteiger partial charge in [0.2, 0.25) is 11.8 Å². The standard InChI is InChI=1S/C24H30N4O3/c1-18-17-27(12-13-31-18)22-10-9-20(15-25-22)16-26-24(30)21-8-5-11-28(21)23(29)14-19-6-3-2-4-7-19/h2-4,6-7,9-10,15,18,21H,5,8,11-14,16-17H2,1H3,(H,26,30). The Kier molecular flexibility index (Phi) is 6.82. The molecule has 164 valence electrons. The molecule has 1 aromatic heterocycles. The highest BCUT2D eigenvalue weighted by atomic mass is 16.5. The van der Waals surface area contributed by atoms with E-state index in [0.717, 1.165) is 36.5 Å². The van der Waals surface area contributed by atoms with Crippen molar-refractivity contribution in [2.75, 3.05) is 31.1 Å². The highest BCUT2D eigenvalue weighted by Gasteiger charge is 2.33. The largest absolute Gasteiger partial charge is 0.375 e. The smallest absolute Gasteiger partial charge is 0.243 e. The van der Waals surface area contributed by atoms with Gasteiger partial charge in [0.15, 0.2) is 0 Å². The van der Waals surface area contributed by atoms with Crippen molar-refractivity contribution in [3.8, 4) is 0 Å². The molecule has 0 aliphatic carbocycles. The van der Waals surface area contributed by atoms with Gasteiger partial charge in [0, 0.05) is 32.4 Å². The lowest BCUT2D eigenvalue weighted by atomic mass is 10.1. The number of hydrogen-bond acceptors (Lipinski definition) is 5. The lowest BCUT2D eigenvalue weighted by molar-refractivity contribution is -0.138. The summed E-state index contributed by atoms with van der Waals surface area (Å²) in [5, 5.41) is 2.99. The maximum Gasteiger partial charge on any atom is 0.243 e. The lowest BCUT2D eigenvalue weighted by Gasteiger charge is -2.32. The number of benzene rings is 1. The van der Waals surface area contributed by atoms with Crippen LogP contribution in [-0.4, -0.2) is 60.1 Å². The van der Waals surface area contributed by atoms with Gasteiger partial charge in [-0.1, -0.05) is 36.4 Å². The number of hydrogen-bond donors (Lipinski definition) is 1. The Morgan fingerprint density at radius 1 is 1.13 bits per heavy atom. The van der Waals surface area contributed by atoms with Crippen LogP contribution < -0.4 is 10.2 Å². The fourth-order valence-corrected chi connectivity index (χ4v) is 4.25. The summed E-state index contributed by atoms with van der Waals surface area (Å²) < 4.78 is 5.58. The number of likely N-dealkylation sites (tertiary alicyclic amines) is 1. The maximum atomic E-state index is 12.8. The Morgan fingerprint density at radius 2 is 1.97 bits per heavy atom. The molecule has 1 N–H and O–H groups in total. The van der Waals surface area contributed by atoms with E-state index in [-0.39, 0.29) is 17.9 Å². The number of carbonyl (C=O) groups is 2. The van der Waals surface area contributed by atoms with Crippen LogP contribution in [0.1, 0.15) is 30.9 Å². The molecule has 0 saturated carbocycles. The fourth-order valence-electron chi connectivity index (χ4n) is 4.25. The Bertz CT molecular complexity index is 887. The van der Waals surface area contributed by atoms with E-state index in [4.69, 9.17) is 4.74 Å². The monoisotopic (exact) mass is 422 g/mol. The number of morpholine rings is 1. The van der Waals surface area contributed by atoms with E-state index in [1.165, 1.54) is 0 Å². The third-order valence-electron chi connectivity index (χ3n) is 5.91. The molecular weight excluding hydrogens is 392 g/mol. The Labute approximate surface area is 183 Å². The van der Waals surface area contributed by atoms with Crippen molar-refractivity contribution in [2.24, 2.45) is 0 Å². The first-order valence-electron chi connectivity index (χ1n) is 11.0. The molecule has 1 aromatic carbocycles. The minimum Gasteiger partial charge on any atom is -0.375 e. The van der Waals surface area contributed by atoms with Crippen LogP contribution in [-0.2, 0) is 27.3 Å². The fraction of sp³-hybridized carbons (Fsp3) is 0.458. The van der Waals surface area contributed by atoms with E-state index >= 15 is 0 Å². The van der Waals surface area contributed by atoms with Crippen molar-refractivity contribution in [3.63, 3.8) is 0 Å². The van der Waals surface area contributed by atoms with Crippen LogP contribution in [0, 0.1) is 0 Å². The number of rotatable bonds is 6. The molecule has 2 aromatic rings. The third kappa shape index (κ3) is 5.41.